The van der Waals surface area contributed by atoms with Gasteiger partial charge in [-0.2, -0.15) is 31.1 Å². The Morgan fingerprint density at radius 1 is 0.800 bits per heavy atom. The quantitative estimate of drug-likeness (QED) is 0.697. The van der Waals surface area contributed by atoms with E-state index in [9.17, 15) is 43.2 Å². The summed E-state index contributed by atoms with van der Waals surface area (Å²) >= 11 is 0. The number of hydrogen-bond donors (Lipinski definition) is 2. The fourth-order valence-electron chi connectivity index (χ4n) is 1.73. The van der Waals surface area contributed by atoms with Crippen LogP contribution in [0, 0.1) is 0 Å². The largest absolute Gasteiger partial charge is 0.511 e. The molecule has 0 radical (unpaired) electrons. The molecule has 1 aromatic carbocycles. The van der Waals surface area contributed by atoms with Crippen molar-refractivity contribution >= 4 is 20.0 Å². The second-order valence-electron chi connectivity index (χ2n) is 4.81. The third-order valence-corrected chi connectivity index (χ3v) is 5.36. The maximum absolute atomic E-state index is 12.5. The van der Waals surface area contributed by atoms with Gasteiger partial charge in [0.1, 0.15) is 0 Å². The van der Waals surface area contributed by atoms with E-state index in [1.54, 1.807) is 0 Å². The molecular weight excluding hydrogens is 402 g/mol. The Bertz CT molecular complexity index is 790. The Balaban J connectivity index is 3.26. The second kappa shape index (κ2) is 7.09. The number of benzene rings is 1. The van der Waals surface area contributed by atoms with E-state index in [1.807, 2.05) is 0 Å². The van der Waals surface area contributed by atoms with E-state index < -0.39 is 43.1 Å². The second-order valence-corrected chi connectivity index (χ2v) is 8.22. The molecule has 6 nitrogen and oxygen atoms in total. The van der Waals surface area contributed by atoms with Crippen LogP contribution < -0.4 is 9.44 Å². The fourth-order valence-corrected chi connectivity index (χ4v) is 3.30. The summed E-state index contributed by atoms with van der Waals surface area (Å²) in [6, 6.07) is 2.42. The molecule has 0 saturated heterocycles. The lowest BCUT2D eigenvalue weighted by atomic mass is 10.0. The molecule has 0 amide bonds. The lowest BCUT2D eigenvalue weighted by molar-refractivity contribution is -0.0464. The van der Waals surface area contributed by atoms with Crippen molar-refractivity contribution < 1.29 is 43.2 Å². The van der Waals surface area contributed by atoms with Gasteiger partial charge < -0.3 is 0 Å². The van der Waals surface area contributed by atoms with Crippen molar-refractivity contribution in [2.75, 3.05) is 0 Å². The number of nitrogens with one attached hydrogen (secondary N) is 2. The van der Waals surface area contributed by atoms with Crippen molar-refractivity contribution in [2.45, 2.75) is 30.0 Å². The zero-order valence-corrected chi connectivity index (χ0v) is 13.9. The van der Waals surface area contributed by atoms with Crippen LogP contribution in [0.4, 0.5) is 26.3 Å². The van der Waals surface area contributed by atoms with Crippen molar-refractivity contribution in [3.63, 3.8) is 0 Å². The zero-order valence-electron chi connectivity index (χ0n) is 12.3. The summed E-state index contributed by atoms with van der Waals surface area (Å²) in [5.74, 6) is 0. The number of rotatable bonds is 6. The monoisotopic (exact) mass is 414 g/mol. The minimum Gasteiger partial charge on any atom is -0.203 e. The molecule has 0 aromatic heterocycles. The van der Waals surface area contributed by atoms with Gasteiger partial charge in [0.05, 0.1) is 6.04 Å². The zero-order chi connectivity index (χ0) is 19.7. The van der Waals surface area contributed by atoms with Crippen molar-refractivity contribution in [1.29, 1.82) is 0 Å². The first-order valence-electron chi connectivity index (χ1n) is 6.30. The number of halogens is 6. The molecule has 144 valence electrons. The van der Waals surface area contributed by atoms with E-state index in [-0.39, 0.29) is 5.56 Å². The third kappa shape index (κ3) is 5.29. The van der Waals surface area contributed by atoms with E-state index in [0.29, 0.717) is 0 Å². The highest BCUT2D eigenvalue weighted by Crippen LogP contribution is 2.28. The Kier molecular flexibility index (Phi) is 6.14. The highest BCUT2D eigenvalue weighted by molar-refractivity contribution is 7.90. The summed E-state index contributed by atoms with van der Waals surface area (Å²) in [5.41, 5.74) is -11.6. The molecule has 2 atom stereocenters. The average Bonchev–Trinajstić information content (AvgIpc) is 2.42. The van der Waals surface area contributed by atoms with Gasteiger partial charge in [0.15, 0.2) is 0 Å². The number of sulfonamides is 2. The van der Waals surface area contributed by atoms with Gasteiger partial charge in [0.2, 0.25) is 0 Å². The Hall–Kier alpha value is -1.38. The predicted molar refractivity (Wildman–Crippen MR) is 74.9 cm³/mol. The van der Waals surface area contributed by atoms with E-state index in [1.165, 1.54) is 22.9 Å². The molecule has 0 aliphatic rings. The van der Waals surface area contributed by atoms with Crippen LogP contribution in [0.5, 0.6) is 0 Å². The maximum Gasteiger partial charge on any atom is 0.511 e. The van der Waals surface area contributed by atoms with Crippen molar-refractivity contribution in [3.8, 4) is 0 Å². The van der Waals surface area contributed by atoms with Crippen LogP contribution in [-0.2, 0) is 20.0 Å². The van der Waals surface area contributed by atoms with Crippen LogP contribution in [-0.4, -0.2) is 33.9 Å². The molecule has 14 heteroatoms. The first-order valence-corrected chi connectivity index (χ1v) is 9.27. The third-order valence-electron chi connectivity index (χ3n) is 2.89. The molecule has 0 aliphatic heterocycles. The Morgan fingerprint density at radius 2 is 1.20 bits per heavy atom. The molecule has 1 unspecified atom stereocenters. The maximum atomic E-state index is 12.5. The van der Waals surface area contributed by atoms with Crippen molar-refractivity contribution in [2.24, 2.45) is 0 Å². The van der Waals surface area contributed by atoms with Gasteiger partial charge in [0, 0.05) is 6.04 Å². The highest BCUT2D eigenvalue weighted by atomic mass is 32.2. The normalized spacial score (nSPS) is 16.4. The van der Waals surface area contributed by atoms with Gasteiger partial charge in [-0.3, -0.25) is 0 Å². The summed E-state index contributed by atoms with van der Waals surface area (Å²) in [5, 5.41) is 0. The van der Waals surface area contributed by atoms with Gasteiger partial charge >= 0.3 is 31.1 Å². The summed E-state index contributed by atoms with van der Waals surface area (Å²) < 4.78 is 122. The average molecular weight is 414 g/mol. The van der Waals surface area contributed by atoms with E-state index in [0.717, 1.165) is 23.8 Å². The Morgan fingerprint density at radius 3 is 1.60 bits per heavy atom. The molecular formula is C11H12F6N2O4S2. The summed E-state index contributed by atoms with van der Waals surface area (Å²) in [4.78, 5) is 0. The molecule has 0 spiro atoms. The minimum absolute atomic E-state index is 0.173. The predicted octanol–water partition coefficient (Wildman–Crippen LogP) is 1.99. The lowest BCUT2D eigenvalue weighted by Crippen LogP contribution is -2.50. The SMILES string of the molecule is CC(NS(=O)(=O)C(F)(F)F)[C@H](NS(=O)(=O)C(F)(F)F)c1ccccc1. The van der Waals surface area contributed by atoms with Crippen LogP contribution in [0.25, 0.3) is 0 Å². The van der Waals surface area contributed by atoms with Crippen LogP contribution in [0.2, 0.25) is 0 Å². The van der Waals surface area contributed by atoms with Gasteiger partial charge in [-0.05, 0) is 12.5 Å². The molecule has 25 heavy (non-hydrogen) atoms. The van der Waals surface area contributed by atoms with Crippen LogP contribution in [0.3, 0.4) is 0 Å². The highest BCUT2D eigenvalue weighted by Gasteiger charge is 2.50. The van der Waals surface area contributed by atoms with E-state index in [2.05, 4.69) is 0 Å². The molecule has 0 bridgehead atoms. The van der Waals surface area contributed by atoms with E-state index >= 15 is 0 Å². The van der Waals surface area contributed by atoms with Crippen molar-refractivity contribution in [3.05, 3.63) is 35.9 Å². The van der Waals surface area contributed by atoms with Gasteiger partial charge in [0.25, 0.3) is 0 Å². The fraction of sp³-hybridized carbons (Fsp3) is 0.455. The van der Waals surface area contributed by atoms with Gasteiger partial charge in [-0.25, -0.2) is 21.6 Å². The van der Waals surface area contributed by atoms with Gasteiger partial charge in [-0.1, -0.05) is 30.3 Å². The smallest absolute Gasteiger partial charge is 0.203 e. The first-order chi connectivity index (χ1) is 11.1. The van der Waals surface area contributed by atoms with Crippen LogP contribution in [0.15, 0.2) is 30.3 Å². The Labute approximate surface area is 139 Å². The van der Waals surface area contributed by atoms with Gasteiger partial charge in [-0.15, -0.1) is 0 Å². The van der Waals surface area contributed by atoms with Crippen molar-refractivity contribution in [1.82, 2.24) is 9.44 Å². The molecule has 0 heterocycles. The molecule has 0 fully saturated rings. The summed E-state index contributed by atoms with van der Waals surface area (Å²) in [6.07, 6.45) is 0. The summed E-state index contributed by atoms with van der Waals surface area (Å²) in [6.45, 7) is 0.792. The summed E-state index contributed by atoms with van der Waals surface area (Å²) in [7, 11) is -11.9. The molecule has 0 aliphatic carbocycles. The number of alkyl halides is 6. The minimum atomic E-state index is -5.95. The van der Waals surface area contributed by atoms with Crippen LogP contribution >= 0.6 is 0 Å². The molecule has 1 aromatic rings. The molecule has 1 rings (SSSR count). The topological polar surface area (TPSA) is 92.3 Å². The standard InChI is InChI=1S/C11H12F6N2O4S2/c1-7(18-24(20,21)10(12,13)14)9(8-5-3-2-4-6-8)19-25(22,23)11(15,16)17/h2-7,9,18-19H,1H3/t7?,9-/m0/s1. The first kappa shape index (κ1) is 21.7. The molecule has 0 saturated carbocycles. The number of hydrogen-bond acceptors (Lipinski definition) is 4. The van der Waals surface area contributed by atoms with E-state index in [4.69, 9.17) is 0 Å². The van der Waals surface area contributed by atoms with Crippen LogP contribution in [0.1, 0.15) is 18.5 Å². The molecule has 2 N–H and O–H groups in total. The lowest BCUT2D eigenvalue weighted by Gasteiger charge is -2.26.